The minimum absolute atomic E-state index is 0.543. The third kappa shape index (κ3) is 3.55. The van der Waals surface area contributed by atoms with Crippen molar-refractivity contribution < 1.29 is 18.9 Å². The fourth-order valence-corrected chi connectivity index (χ4v) is 3.22. The Kier molecular flexibility index (Phi) is 5.30. The first-order valence-electron chi connectivity index (χ1n) is 9.23. The fourth-order valence-electron chi connectivity index (χ4n) is 3.22. The van der Waals surface area contributed by atoms with Crippen LogP contribution in [0, 0.1) is 0 Å². The van der Waals surface area contributed by atoms with Crippen molar-refractivity contribution in [2.24, 2.45) is 0 Å². The number of methoxy groups -OCH3 is 4. The topological polar surface area (TPSA) is 79.1 Å². The molecule has 2 aromatic carbocycles. The molecular formula is C22H22N4O4. The molecule has 0 bridgehead atoms. The number of hydrogen-bond donors (Lipinski definition) is 1. The molecule has 154 valence electrons. The van der Waals surface area contributed by atoms with Crippen LogP contribution in [0.2, 0.25) is 0 Å². The molecule has 8 heteroatoms. The van der Waals surface area contributed by atoms with Gasteiger partial charge in [0.1, 0.15) is 5.75 Å². The van der Waals surface area contributed by atoms with Gasteiger partial charge in [-0.15, -0.1) is 10.2 Å². The Labute approximate surface area is 174 Å². The third-order valence-corrected chi connectivity index (χ3v) is 4.70. The molecule has 4 aromatic rings. The summed E-state index contributed by atoms with van der Waals surface area (Å²) >= 11 is 0. The van der Waals surface area contributed by atoms with Crippen molar-refractivity contribution >= 4 is 17.0 Å². The van der Waals surface area contributed by atoms with Gasteiger partial charge in [-0.25, -0.2) is 0 Å². The predicted octanol–water partition coefficient (Wildman–Crippen LogP) is 4.17. The molecule has 0 fully saturated rings. The summed E-state index contributed by atoms with van der Waals surface area (Å²) in [6.45, 7) is 0. The summed E-state index contributed by atoms with van der Waals surface area (Å²) in [6, 6.07) is 15.2. The van der Waals surface area contributed by atoms with Gasteiger partial charge in [-0.2, -0.15) is 0 Å². The minimum Gasteiger partial charge on any atom is -0.497 e. The van der Waals surface area contributed by atoms with E-state index in [0.29, 0.717) is 17.2 Å². The van der Waals surface area contributed by atoms with Crippen molar-refractivity contribution in [3.63, 3.8) is 0 Å². The van der Waals surface area contributed by atoms with Gasteiger partial charge in [-0.3, -0.25) is 4.40 Å². The minimum atomic E-state index is 0.543. The lowest BCUT2D eigenvalue weighted by molar-refractivity contribution is 0.324. The second-order valence-electron chi connectivity index (χ2n) is 6.44. The van der Waals surface area contributed by atoms with Crippen LogP contribution in [0.25, 0.3) is 17.0 Å². The van der Waals surface area contributed by atoms with Gasteiger partial charge < -0.3 is 24.3 Å². The van der Waals surface area contributed by atoms with Crippen molar-refractivity contribution in [3.05, 3.63) is 54.7 Å². The smallest absolute Gasteiger partial charge is 0.203 e. The Morgan fingerprint density at radius 2 is 1.43 bits per heavy atom. The van der Waals surface area contributed by atoms with E-state index in [1.165, 1.54) is 0 Å². The number of ether oxygens (including phenoxy) is 4. The van der Waals surface area contributed by atoms with Crippen molar-refractivity contribution in [2.45, 2.75) is 0 Å². The summed E-state index contributed by atoms with van der Waals surface area (Å²) in [5, 5.41) is 12.0. The van der Waals surface area contributed by atoms with E-state index in [-0.39, 0.29) is 0 Å². The van der Waals surface area contributed by atoms with Crippen LogP contribution in [-0.2, 0) is 0 Å². The normalized spacial score (nSPS) is 10.7. The van der Waals surface area contributed by atoms with Crippen LogP contribution >= 0.6 is 0 Å². The number of fused-ring (bicyclic) bond motifs is 1. The molecule has 0 spiro atoms. The summed E-state index contributed by atoms with van der Waals surface area (Å²) in [7, 11) is 6.40. The molecule has 0 aliphatic rings. The largest absolute Gasteiger partial charge is 0.497 e. The molecule has 0 radical (unpaired) electrons. The highest BCUT2D eigenvalue weighted by Crippen LogP contribution is 2.40. The average Bonchev–Trinajstić information content (AvgIpc) is 3.21. The summed E-state index contributed by atoms with van der Waals surface area (Å²) in [6.07, 6.45) is 1.94. The van der Waals surface area contributed by atoms with Crippen LogP contribution < -0.4 is 24.3 Å². The molecule has 0 saturated carbocycles. The maximum Gasteiger partial charge on any atom is 0.203 e. The molecule has 1 N–H and O–H groups in total. The fraction of sp³-hybridized carbons (Fsp3) is 0.182. The van der Waals surface area contributed by atoms with Crippen LogP contribution in [0.15, 0.2) is 54.7 Å². The number of nitrogens with one attached hydrogen (secondary N) is 1. The number of pyridine rings is 1. The SMILES string of the molecule is COc1ccc(-c2nnc3ccc(Nc4cc(OC)c(OC)c(OC)c4)cn23)cc1. The van der Waals surface area contributed by atoms with Crippen molar-refractivity contribution in [1.29, 1.82) is 0 Å². The van der Waals surface area contributed by atoms with Crippen LogP contribution in [0.4, 0.5) is 11.4 Å². The van der Waals surface area contributed by atoms with Gasteiger partial charge in [-0.1, -0.05) is 0 Å². The van der Waals surface area contributed by atoms with E-state index >= 15 is 0 Å². The highest BCUT2D eigenvalue weighted by molar-refractivity contribution is 5.69. The number of aromatic nitrogens is 3. The van der Waals surface area contributed by atoms with Gasteiger partial charge in [0.05, 0.1) is 34.1 Å². The molecular weight excluding hydrogens is 384 g/mol. The second-order valence-corrected chi connectivity index (χ2v) is 6.44. The molecule has 0 amide bonds. The molecule has 2 aromatic heterocycles. The van der Waals surface area contributed by atoms with Gasteiger partial charge in [0.25, 0.3) is 0 Å². The zero-order chi connectivity index (χ0) is 21.1. The Morgan fingerprint density at radius 1 is 0.733 bits per heavy atom. The van der Waals surface area contributed by atoms with E-state index in [0.717, 1.165) is 34.2 Å². The first kappa shape index (κ1) is 19.4. The van der Waals surface area contributed by atoms with Gasteiger partial charge >= 0.3 is 0 Å². The Balaban J connectivity index is 1.70. The summed E-state index contributed by atoms with van der Waals surface area (Å²) in [5.41, 5.74) is 3.33. The van der Waals surface area contributed by atoms with Gasteiger partial charge in [0, 0.05) is 29.6 Å². The van der Waals surface area contributed by atoms with Crippen LogP contribution in [0.3, 0.4) is 0 Å². The quantitative estimate of drug-likeness (QED) is 0.493. The summed E-state index contributed by atoms with van der Waals surface area (Å²) in [5.74, 6) is 3.22. The molecule has 8 nitrogen and oxygen atoms in total. The van der Waals surface area contributed by atoms with E-state index in [9.17, 15) is 0 Å². The van der Waals surface area contributed by atoms with Gasteiger partial charge in [-0.05, 0) is 36.4 Å². The standard InChI is InChI=1S/C22H22N4O4/c1-27-17-8-5-14(6-9-17)22-25-24-20-10-7-15(13-26(20)22)23-16-11-18(28-2)21(30-4)19(12-16)29-3/h5-13,23H,1-4H3. The molecule has 2 heterocycles. The number of hydrogen-bond acceptors (Lipinski definition) is 7. The third-order valence-electron chi connectivity index (χ3n) is 4.70. The lowest BCUT2D eigenvalue weighted by atomic mass is 10.2. The van der Waals surface area contributed by atoms with E-state index < -0.39 is 0 Å². The molecule has 0 aliphatic carbocycles. The molecule has 0 unspecified atom stereocenters. The van der Waals surface area contributed by atoms with Gasteiger partial charge in [0.15, 0.2) is 23.0 Å². The van der Waals surface area contributed by atoms with E-state index in [1.54, 1.807) is 28.4 Å². The highest BCUT2D eigenvalue weighted by Gasteiger charge is 2.14. The number of anilines is 2. The zero-order valence-electron chi connectivity index (χ0n) is 17.2. The average molecular weight is 406 g/mol. The van der Waals surface area contributed by atoms with Crippen LogP contribution in [0.5, 0.6) is 23.0 Å². The number of nitrogens with zero attached hydrogens (tertiary/aromatic N) is 3. The first-order valence-corrected chi connectivity index (χ1v) is 9.23. The van der Waals surface area contributed by atoms with Crippen molar-refractivity contribution in [2.75, 3.05) is 33.8 Å². The van der Waals surface area contributed by atoms with Crippen molar-refractivity contribution in [1.82, 2.24) is 14.6 Å². The Morgan fingerprint density at radius 3 is 2.03 bits per heavy atom. The molecule has 0 saturated heterocycles. The van der Waals surface area contributed by atoms with E-state index in [1.807, 2.05) is 59.1 Å². The lowest BCUT2D eigenvalue weighted by Gasteiger charge is -2.15. The maximum atomic E-state index is 5.43. The molecule has 4 rings (SSSR count). The first-order chi connectivity index (χ1) is 14.7. The van der Waals surface area contributed by atoms with Crippen molar-refractivity contribution in [3.8, 4) is 34.4 Å². The second kappa shape index (κ2) is 8.20. The summed E-state index contributed by atoms with van der Waals surface area (Å²) in [4.78, 5) is 0. The Hall–Kier alpha value is -3.94. The Bertz CT molecular complexity index is 1150. The molecule has 30 heavy (non-hydrogen) atoms. The molecule has 0 atom stereocenters. The monoisotopic (exact) mass is 406 g/mol. The lowest BCUT2D eigenvalue weighted by Crippen LogP contribution is -1.99. The van der Waals surface area contributed by atoms with Gasteiger partial charge in [0.2, 0.25) is 5.75 Å². The zero-order valence-corrected chi connectivity index (χ0v) is 17.2. The highest BCUT2D eigenvalue weighted by atomic mass is 16.5. The number of benzene rings is 2. The molecule has 0 aliphatic heterocycles. The number of rotatable bonds is 7. The summed E-state index contributed by atoms with van der Waals surface area (Å²) < 4.78 is 23.4. The van der Waals surface area contributed by atoms with Crippen LogP contribution in [-0.4, -0.2) is 43.0 Å². The van der Waals surface area contributed by atoms with E-state index in [4.69, 9.17) is 18.9 Å². The van der Waals surface area contributed by atoms with E-state index in [2.05, 4.69) is 15.5 Å². The van der Waals surface area contributed by atoms with Crippen LogP contribution in [0.1, 0.15) is 0 Å². The predicted molar refractivity (Wildman–Crippen MR) is 114 cm³/mol. The maximum absolute atomic E-state index is 5.43.